The minimum absolute atomic E-state index is 0.0402. The van der Waals surface area contributed by atoms with E-state index >= 15 is 0 Å². The van der Waals surface area contributed by atoms with Crippen LogP contribution in [0.2, 0.25) is 5.02 Å². The Kier molecular flexibility index (Phi) is 4.82. The molecule has 2 heterocycles. The van der Waals surface area contributed by atoms with Crippen LogP contribution in [0.1, 0.15) is 11.3 Å². The monoisotopic (exact) mass is 370 g/mol. The highest BCUT2D eigenvalue weighted by molar-refractivity contribution is 7.98. The highest BCUT2D eigenvalue weighted by Gasteiger charge is 2.31. The third-order valence-electron chi connectivity index (χ3n) is 3.06. The summed E-state index contributed by atoms with van der Waals surface area (Å²) in [4.78, 5) is 8.12. The molecule has 3 nitrogen and oxygen atoms in total. The van der Waals surface area contributed by atoms with Crippen LogP contribution >= 0.6 is 23.4 Å². The molecule has 1 aromatic carbocycles. The molecule has 24 heavy (non-hydrogen) atoms. The number of alkyl halides is 3. The normalized spacial score (nSPS) is 11.7. The Labute approximate surface area is 144 Å². The van der Waals surface area contributed by atoms with E-state index in [0.29, 0.717) is 22.4 Å². The quantitative estimate of drug-likeness (QED) is 0.552. The molecule has 0 bridgehead atoms. The number of benzene rings is 1. The predicted octanol–water partition coefficient (Wildman–Crippen LogP) is 5.70. The number of pyridine rings is 1. The Morgan fingerprint density at radius 2 is 1.92 bits per heavy atom. The van der Waals surface area contributed by atoms with E-state index in [9.17, 15) is 13.2 Å². The van der Waals surface area contributed by atoms with Gasteiger partial charge in [0.15, 0.2) is 0 Å². The molecule has 3 aromatic rings. The first-order valence-electron chi connectivity index (χ1n) is 6.79. The summed E-state index contributed by atoms with van der Waals surface area (Å²) in [5.41, 5.74) is 0.626. The molecule has 0 N–H and O–H groups in total. The van der Waals surface area contributed by atoms with Gasteiger partial charge in [-0.25, -0.2) is 9.97 Å². The van der Waals surface area contributed by atoms with Crippen LogP contribution in [0.3, 0.4) is 0 Å². The average molecular weight is 371 g/mol. The van der Waals surface area contributed by atoms with Crippen LogP contribution in [0, 0.1) is 0 Å². The van der Waals surface area contributed by atoms with Crippen molar-refractivity contribution in [1.82, 2.24) is 9.97 Å². The zero-order chi connectivity index (χ0) is 17.2. The fourth-order valence-electron chi connectivity index (χ4n) is 1.92. The Balaban J connectivity index is 1.69. The molecule has 0 atom stereocenters. The van der Waals surface area contributed by atoms with Crippen molar-refractivity contribution in [2.24, 2.45) is 0 Å². The van der Waals surface area contributed by atoms with Crippen LogP contribution in [-0.4, -0.2) is 9.97 Å². The molecule has 2 aromatic heterocycles. The minimum Gasteiger partial charge on any atom is -0.444 e. The van der Waals surface area contributed by atoms with Crippen molar-refractivity contribution >= 4 is 23.4 Å². The first kappa shape index (κ1) is 16.9. The van der Waals surface area contributed by atoms with Crippen molar-refractivity contribution in [3.63, 3.8) is 0 Å². The number of nitrogens with zero attached hydrogens (tertiary/aromatic N) is 2. The number of thioether (sulfide) groups is 1. The van der Waals surface area contributed by atoms with Crippen LogP contribution in [0.4, 0.5) is 13.2 Å². The lowest BCUT2D eigenvalue weighted by molar-refractivity contribution is -0.137. The molecule has 0 spiro atoms. The first-order valence-corrected chi connectivity index (χ1v) is 8.15. The van der Waals surface area contributed by atoms with Crippen molar-refractivity contribution in [3.8, 4) is 11.5 Å². The van der Waals surface area contributed by atoms with Crippen LogP contribution < -0.4 is 0 Å². The van der Waals surface area contributed by atoms with Gasteiger partial charge in [0.1, 0.15) is 11.3 Å². The smallest absolute Gasteiger partial charge is 0.417 e. The van der Waals surface area contributed by atoms with Gasteiger partial charge in [-0.2, -0.15) is 13.2 Å². The van der Waals surface area contributed by atoms with Gasteiger partial charge in [-0.15, -0.1) is 0 Å². The summed E-state index contributed by atoms with van der Waals surface area (Å²) in [7, 11) is 0. The van der Waals surface area contributed by atoms with Crippen molar-refractivity contribution < 1.29 is 17.6 Å². The predicted molar refractivity (Wildman–Crippen MR) is 85.7 cm³/mol. The minimum atomic E-state index is -4.46. The molecule has 3 rings (SSSR count). The summed E-state index contributed by atoms with van der Waals surface area (Å²) in [6, 6.07) is 10.3. The molecule has 0 unspecified atom stereocenters. The lowest BCUT2D eigenvalue weighted by Crippen LogP contribution is -2.05. The fraction of sp³-hybridized carbons (Fsp3) is 0.125. The second-order valence-electron chi connectivity index (χ2n) is 4.81. The van der Waals surface area contributed by atoms with E-state index in [1.807, 2.05) is 30.3 Å². The van der Waals surface area contributed by atoms with Crippen LogP contribution in [0.5, 0.6) is 0 Å². The zero-order valence-electron chi connectivity index (χ0n) is 12.0. The van der Waals surface area contributed by atoms with E-state index < -0.39 is 11.7 Å². The van der Waals surface area contributed by atoms with Gasteiger partial charge in [0, 0.05) is 17.5 Å². The average Bonchev–Trinajstić information content (AvgIpc) is 3.02. The van der Waals surface area contributed by atoms with E-state index in [1.165, 1.54) is 18.0 Å². The van der Waals surface area contributed by atoms with E-state index in [1.54, 1.807) is 0 Å². The summed E-state index contributed by atoms with van der Waals surface area (Å²) < 4.78 is 43.2. The molecule has 0 saturated carbocycles. The summed E-state index contributed by atoms with van der Waals surface area (Å²) in [5.74, 6) is 0.867. The lowest BCUT2D eigenvalue weighted by Gasteiger charge is -2.08. The van der Waals surface area contributed by atoms with Crippen molar-refractivity contribution in [3.05, 3.63) is 65.1 Å². The molecule has 0 aliphatic heterocycles. The fourth-order valence-corrected chi connectivity index (χ4v) is 2.99. The number of oxazole rings is 1. The van der Waals surface area contributed by atoms with E-state index in [4.69, 9.17) is 16.0 Å². The summed E-state index contributed by atoms with van der Waals surface area (Å²) in [5, 5.41) is 0.274. The molecule has 0 aliphatic rings. The molecular formula is C16H10ClF3N2OS. The molecule has 8 heteroatoms. The first-order chi connectivity index (χ1) is 11.4. The molecule has 0 fully saturated rings. The van der Waals surface area contributed by atoms with E-state index in [2.05, 4.69) is 9.97 Å². The lowest BCUT2D eigenvalue weighted by atomic mass is 10.2. The third kappa shape index (κ3) is 3.91. The summed E-state index contributed by atoms with van der Waals surface area (Å²) in [6.45, 7) is 0. The van der Waals surface area contributed by atoms with Gasteiger partial charge in [-0.05, 0) is 18.2 Å². The Morgan fingerprint density at radius 1 is 1.17 bits per heavy atom. The van der Waals surface area contributed by atoms with Gasteiger partial charge in [-0.1, -0.05) is 41.6 Å². The maximum Gasteiger partial charge on any atom is 0.417 e. The Hall–Kier alpha value is -1.99. The number of halogens is 4. The number of aromatic nitrogens is 2. The molecule has 0 radical (unpaired) electrons. The van der Waals surface area contributed by atoms with Gasteiger partial charge < -0.3 is 4.42 Å². The van der Waals surface area contributed by atoms with Crippen LogP contribution in [-0.2, 0) is 11.9 Å². The summed E-state index contributed by atoms with van der Waals surface area (Å²) in [6.07, 6.45) is -2.18. The number of rotatable bonds is 4. The molecule has 0 amide bonds. The topological polar surface area (TPSA) is 38.9 Å². The van der Waals surface area contributed by atoms with Gasteiger partial charge in [0.2, 0.25) is 5.89 Å². The largest absolute Gasteiger partial charge is 0.444 e. The molecule has 0 saturated heterocycles. The van der Waals surface area contributed by atoms with Gasteiger partial charge in [-0.3, -0.25) is 0 Å². The van der Waals surface area contributed by atoms with Crippen molar-refractivity contribution in [1.29, 1.82) is 0 Å². The second-order valence-corrected chi connectivity index (χ2v) is 6.18. The van der Waals surface area contributed by atoms with Gasteiger partial charge in [0.25, 0.3) is 0 Å². The van der Waals surface area contributed by atoms with Gasteiger partial charge >= 0.3 is 6.18 Å². The van der Waals surface area contributed by atoms with Gasteiger partial charge in [0.05, 0.1) is 16.3 Å². The summed E-state index contributed by atoms with van der Waals surface area (Å²) >= 11 is 7.07. The molecule has 124 valence electrons. The Bertz CT molecular complexity index is 837. The SMILES string of the molecule is FC(F)(F)c1cnc(SCc2coc(-c3ccccc3)n2)c(Cl)c1. The number of hydrogen-bond donors (Lipinski definition) is 0. The molecular weight excluding hydrogens is 361 g/mol. The molecule has 0 aliphatic carbocycles. The second kappa shape index (κ2) is 6.86. The maximum absolute atomic E-state index is 12.6. The van der Waals surface area contributed by atoms with Crippen molar-refractivity contribution in [2.45, 2.75) is 17.0 Å². The maximum atomic E-state index is 12.6. The van der Waals surface area contributed by atoms with Crippen LogP contribution in [0.15, 0.2) is 58.3 Å². The van der Waals surface area contributed by atoms with Crippen LogP contribution in [0.25, 0.3) is 11.5 Å². The zero-order valence-corrected chi connectivity index (χ0v) is 13.6. The van der Waals surface area contributed by atoms with Crippen molar-refractivity contribution in [2.75, 3.05) is 0 Å². The third-order valence-corrected chi connectivity index (χ3v) is 4.50. The standard InChI is InChI=1S/C16H10ClF3N2OS/c17-13-6-11(16(18,19)20)7-21-15(13)24-9-12-8-23-14(22-12)10-4-2-1-3-5-10/h1-8H,9H2. The Morgan fingerprint density at radius 3 is 2.58 bits per heavy atom. The highest BCUT2D eigenvalue weighted by Crippen LogP contribution is 2.34. The highest BCUT2D eigenvalue weighted by atomic mass is 35.5. The van der Waals surface area contributed by atoms with E-state index in [-0.39, 0.29) is 5.02 Å². The van der Waals surface area contributed by atoms with E-state index in [0.717, 1.165) is 17.8 Å². The number of hydrogen-bond acceptors (Lipinski definition) is 4.